The number of rotatable bonds is 2. The number of nitrogens with zero attached hydrogens (tertiary/aromatic N) is 3. The first kappa shape index (κ1) is 10.8. The molecular weight excluding hydrogens is 272 g/mol. The van der Waals surface area contributed by atoms with Gasteiger partial charge in [0.2, 0.25) is 5.88 Å². The molecule has 0 bridgehead atoms. The number of anilines is 1. The summed E-state index contributed by atoms with van der Waals surface area (Å²) in [4.78, 5) is 12.5. The number of aromatic nitrogens is 3. The number of ether oxygens (including phenoxy) is 1. The van der Waals surface area contributed by atoms with Gasteiger partial charge in [0.25, 0.3) is 0 Å². The summed E-state index contributed by atoms with van der Waals surface area (Å²) in [6, 6.07) is 5.37. The highest BCUT2D eigenvalue weighted by Gasteiger charge is 2.06. The molecule has 0 atom stereocenters. The van der Waals surface area contributed by atoms with Crippen molar-refractivity contribution in [2.75, 3.05) is 12.8 Å². The van der Waals surface area contributed by atoms with Gasteiger partial charge in [-0.25, -0.2) is 15.0 Å². The van der Waals surface area contributed by atoms with Crippen LogP contribution in [0, 0.1) is 0 Å². The molecule has 0 aliphatic heterocycles. The number of pyridine rings is 1. The predicted molar refractivity (Wildman–Crippen MR) is 63.9 cm³/mol. The zero-order chi connectivity index (χ0) is 11.5. The Kier molecular flexibility index (Phi) is 3.00. The minimum Gasteiger partial charge on any atom is -0.481 e. The van der Waals surface area contributed by atoms with Crippen LogP contribution >= 0.6 is 15.9 Å². The fourth-order valence-electron chi connectivity index (χ4n) is 1.16. The van der Waals surface area contributed by atoms with Gasteiger partial charge in [0.05, 0.1) is 11.6 Å². The smallest absolute Gasteiger partial charge is 0.213 e. The van der Waals surface area contributed by atoms with Crippen LogP contribution in [0.1, 0.15) is 0 Å². The zero-order valence-corrected chi connectivity index (χ0v) is 10.1. The molecule has 0 aromatic carbocycles. The molecule has 2 aromatic heterocycles. The molecule has 0 saturated carbocycles. The molecule has 0 fully saturated rings. The number of halogens is 1. The van der Waals surface area contributed by atoms with E-state index in [1.807, 2.05) is 6.07 Å². The minimum atomic E-state index is 0.384. The second kappa shape index (κ2) is 4.44. The Morgan fingerprint density at radius 2 is 2.12 bits per heavy atom. The lowest BCUT2D eigenvalue weighted by molar-refractivity contribution is 0.398. The third kappa shape index (κ3) is 2.11. The van der Waals surface area contributed by atoms with Crippen molar-refractivity contribution in [1.82, 2.24) is 15.0 Å². The standard InChI is InChI=1S/C10H9BrN4O/c1-16-8-4-2-3-7(14-8)10-13-5-6(11)9(12)15-10/h2-5H,1H3,(H2,12,13,15). The van der Waals surface area contributed by atoms with E-state index in [2.05, 4.69) is 30.9 Å². The summed E-state index contributed by atoms with van der Waals surface area (Å²) in [6.45, 7) is 0. The molecule has 2 rings (SSSR count). The van der Waals surface area contributed by atoms with E-state index < -0.39 is 0 Å². The van der Waals surface area contributed by atoms with Crippen LogP contribution in [0.15, 0.2) is 28.9 Å². The van der Waals surface area contributed by atoms with Gasteiger partial charge >= 0.3 is 0 Å². The lowest BCUT2D eigenvalue weighted by Crippen LogP contribution is -1.98. The highest BCUT2D eigenvalue weighted by atomic mass is 79.9. The second-order valence-corrected chi connectivity index (χ2v) is 3.85. The van der Waals surface area contributed by atoms with Gasteiger partial charge in [-0.1, -0.05) is 6.07 Å². The van der Waals surface area contributed by atoms with Gasteiger partial charge in [0.1, 0.15) is 11.5 Å². The lowest BCUT2D eigenvalue weighted by Gasteiger charge is -2.03. The van der Waals surface area contributed by atoms with E-state index in [0.29, 0.717) is 27.7 Å². The van der Waals surface area contributed by atoms with Crippen molar-refractivity contribution in [3.63, 3.8) is 0 Å². The van der Waals surface area contributed by atoms with Crippen LogP contribution in [0.5, 0.6) is 5.88 Å². The maximum absolute atomic E-state index is 5.67. The Morgan fingerprint density at radius 1 is 1.31 bits per heavy atom. The fraction of sp³-hybridized carbons (Fsp3) is 0.100. The summed E-state index contributed by atoms with van der Waals surface area (Å²) in [5.41, 5.74) is 6.30. The second-order valence-electron chi connectivity index (χ2n) is 2.99. The number of nitrogen functional groups attached to an aromatic ring is 1. The molecule has 0 amide bonds. The van der Waals surface area contributed by atoms with Gasteiger partial charge in [-0.2, -0.15) is 0 Å². The van der Waals surface area contributed by atoms with E-state index in [0.717, 1.165) is 0 Å². The molecule has 2 aromatic rings. The Labute approximate surface area is 101 Å². The molecule has 82 valence electrons. The van der Waals surface area contributed by atoms with E-state index in [-0.39, 0.29) is 0 Å². The summed E-state index contributed by atoms with van der Waals surface area (Å²) >= 11 is 3.23. The molecule has 2 N–H and O–H groups in total. The van der Waals surface area contributed by atoms with Crippen molar-refractivity contribution in [3.05, 3.63) is 28.9 Å². The van der Waals surface area contributed by atoms with E-state index in [9.17, 15) is 0 Å². The van der Waals surface area contributed by atoms with Crippen molar-refractivity contribution < 1.29 is 4.74 Å². The number of methoxy groups -OCH3 is 1. The zero-order valence-electron chi connectivity index (χ0n) is 8.51. The summed E-state index contributed by atoms with van der Waals surface area (Å²) < 4.78 is 5.69. The highest BCUT2D eigenvalue weighted by molar-refractivity contribution is 9.10. The average Bonchev–Trinajstić information content (AvgIpc) is 2.33. The molecule has 0 aliphatic carbocycles. The van der Waals surface area contributed by atoms with Crippen LogP contribution < -0.4 is 10.5 Å². The van der Waals surface area contributed by atoms with Gasteiger partial charge in [0.15, 0.2) is 5.82 Å². The normalized spacial score (nSPS) is 10.1. The highest BCUT2D eigenvalue weighted by Crippen LogP contribution is 2.20. The summed E-state index contributed by atoms with van der Waals surface area (Å²) in [5, 5.41) is 0. The molecule has 2 heterocycles. The molecule has 6 heteroatoms. The maximum Gasteiger partial charge on any atom is 0.213 e. The quantitative estimate of drug-likeness (QED) is 0.909. The first-order valence-electron chi connectivity index (χ1n) is 4.50. The molecular formula is C10H9BrN4O. The number of hydrogen-bond donors (Lipinski definition) is 1. The topological polar surface area (TPSA) is 73.9 Å². The Bertz CT molecular complexity index is 518. The van der Waals surface area contributed by atoms with E-state index in [1.54, 1.807) is 25.4 Å². The molecule has 0 saturated heterocycles. The van der Waals surface area contributed by atoms with Gasteiger partial charge in [-0.3, -0.25) is 0 Å². The van der Waals surface area contributed by atoms with E-state index >= 15 is 0 Å². The lowest BCUT2D eigenvalue weighted by atomic mass is 10.3. The fourth-order valence-corrected chi connectivity index (χ4v) is 1.35. The van der Waals surface area contributed by atoms with Gasteiger partial charge in [0, 0.05) is 12.3 Å². The van der Waals surface area contributed by atoms with Gasteiger partial charge in [-0.15, -0.1) is 0 Å². The van der Waals surface area contributed by atoms with Crippen LogP contribution in [-0.2, 0) is 0 Å². The summed E-state index contributed by atoms with van der Waals surface area (Å²) in [7, 11) is 1.56. The van der Waals surface area contributed by atoms with Gasteiger partial charge < -0.3 is 10.5 Å². The first-order chi connectivity index (χ1) is 7.70. The SMILES string of the molecule is COc1cccc(-c2ncc(Br)c(N)n2)n1. The Hall–Kier alpha value is -1.69. The third-order valence-corrected chi connectivity index (χ3v) is 2.54. The van der Waals surface area contributed by atoms with Crippen molar-refractivity contribution in [2.24, 2.45) is 0 Å². The Morgan fingerprint density at radius 3 is 2.81 bits per heavy atom. The third-order valence-electron chi connectivity index (χ3n) is 1.93. The van der Waals surface area contributed by atoms with Crippen LogP contribution in [0.4, 0.5) is 5.82 Å². The summed E-state index contributed by atoms with van der Waals surface area (Å²) in [6.07, 6.45) is 1.60. The number of nitrogens with two attached hydrogens (primary N) is 1. The molecule has 0 aliphatic rings. The van der Waals surface area contributed by atoms with Crippen molar-refractivity contribution in [2.45, 2.75) is 0 Å². The van der Waals surface area contributed by atoms with Crippen LogP contribution in [0.2, 0.25) is 0 Å². The monoisotopic (exact) mass is 280 g/mol. The van der Waals surface area contributed by atoms with Crippen LogP contribution in [0.3, 0.4) is 0 Å². The van der Waals surface area contributed by atoms with Crippen molar-refractivity contribution in [1.29, 1.82) is 0 Å². The summed E-state index contributed by atoms with van der Waals surface area (Å²) in [5.74, 6) is 1.37. The van der Waals surface area contributed by atoms with Gasteiger partial charge in [-0.05, 0) is 22.0 Å². The van der Waals surface area contributed by atoms with Crippen LogP contribution in [0.25, 0.3) is 11.5 Å². The maximum atomic E-state index is 5.67. The Balaban J connectivity index is 2.46. The van der Waals surface area contributed by atoms with E-state index in [4.69, 9.17) is 10.5 Å². The molecule has 0 unspecified atom stereocenters. The number of hydrogen-bond acceptors (Lipinski definition) is 5. The van der Waals surface area contributed by atoms with E-state index in [1.165, 1.54) is 0 Å². The van der Waals surface area contributed by atoms with Crippen molar-refractivity contribution >= 4 is 21.7 Å². The largest absolute Gasteiger partial charge is 0.481 e. The minimum absolute atomic E-state index is 0.384. The van der Waals surface area contributed by atoms with Crippen molar-refractivity contribution in [3.8, 4) is 17.4 Å². The predicted octanol–water partition coefficient (Wildman–Crippen LogP) is 1.89. The molecule has 16 heavy (non-hydrogen) atoms. The first-order valence-corrected chi connectivity index (χ1v) is 5.29. The molecule has 5 nitrogen and oxygen atoms in total. The molecule has 0 radical (unpaired) electrons. The molecule has 0 spiro atoms. The van der Waals surface area contributed by atoms with Crippen LogP contribution in [-0.4, -0.2) is 22.1 Å². The average molecular weight is 281 g/mol.